The number of nitrogens with zero attached hydrogens (tertiary/aromatic N) is 2. The normalized spacial score (nSPS) is 15.9. The highest BCUT2D eigenvalue weighted by Crippen LogP contribution is 2.38. The highest BCUT2D eigenvalue weighted by Gasteiger charge is 2.32. The Labute approximate surface area is 169 Å². The number of ether oxygens (including phenoxy) is 2. The zero-order chi connectivity index (χ0) is 20.5. The zero-order valence-electron chi connectivity index (χ0n) is 16.4. The summed E-state index contributed by atoms with van der Waals surface area (Å²) in [5, 5.41) is 4.48. The molecule has 1 aliphatic rings. The van der Waals surface area contributed by atoms with Gasteiger partial charge in [0.1, 0.15) is 5.82 Å². The average Bonchev–Trinajstić information content (AvgIpc) is 3.33. The molecular weight excluding hydrogens is 381 g/mol. The Morgan fingerprint density at radius 3 is 2.79 bits per heavy atom. The molecule has 0 radical (unpaired) electrons. The van der Waals surface area contributed by atoms with E-state index in [0.29, 0.717) is 22.9 Å². The quantitative estimate of drug-likeness (QED) is 0.398. The van der Waals surface area contributed by atoms with Crippen LogP contribution in [-0.4, -0.2) is 29.5 Å². The number of halogens is 1. The van der Waals surface area contributed by atoms with E-state index < -0.39 is 16.7 Å². The van der Waals surface area contributed by atoms with Gasteiger partial charge in [-0.3, -0.25) is 9.48 Å². The van der Waals surface area contributed by atoms with E-state index in [4.69, 9.17) is 15.2 Å². The molecule has 0 spiro atoms. The second-order valence-electron chi connectivity index (χ2n) is 7.28. The van der Waals surface area contributed by atoms with Crippen LogP contribution in [0.3, 0.4) is 0 Å². The lowest BCUT2D eigenvalue weighted by Gasteiger charge is -2.25. The van der Waals surface area contributed by atoms with E-state index in [0.717, 1.165) is 12.1 Å². The van der Waals surface area contributed by atoms with Crippen LogP contribution in [0, 0.1) is 18.7 Å². The molecule has 2 aromatic rings. The molecule has 1 saturated carbocycles. The summed E-state index contributed by atoms with van der Waals surface area (Å²) >= 11 is 4.38. The molecule has 2 N–H and O–H groups in total. The number of aromatic nitrogens is 2. The van der Waals surface area contributed by atoms with E-state index >= 15 is 0 Å². The first-order valence-corrected chi connectivity index (χ1v) is 9.79. The number of methoxy groups -OCH3 is 1. The minimum atomic E-state index is -1.51. The van der Waals surface area contributed by atoms with Crippen molar-refractivity contribution in [2.75, 3.05) is 13.7 Å². The van der Waals surface area contributed by atoms with Gasteiger partial charge in [-0.1, -0.05) is 0 Å². The molecule has 3 rings (SSSR count). The fourth-order valence-corrected chi connectivity index (χ4v) is 3.47. The van der Waals surface area contributed by atoms with Crippen molar-refractivity contribution >= 4 is 18.6 Å². The fourth-order valence-electron chi connectivity index (χ4n) is 3.18. The zero-order valence-corrected chi connectivity index (χ0v) is 17.3. The van der Waals surface area contributed by atoms with Gasteiger partial charge >= 0.3 is 5.97 Å². The summed E-state index contributed by atoms with van der Waals surface area (Å²) in [4.78, 5) is 10.4. The topological polar surface area (TPSA) is 79.4 Å². The largest absolute Gasteiger partial charge is 0.479 e. The minimum absolute atomic E-state index is 0.135. The van der Waals surface area contributed by atoms with Crippen molar-refractivity contribution in [3.63, 3.8) is 0 Å². The highest BCUT2D eigenvalue weighted by atomic mass is 32.1. The lowest BCUT2D eigenvalue weighted by Crippen LogP contribution is -2.35. The van der Waals surface area contributed by atoms with Crippen molar-refractivity contribution in [3.05, 3.63) is 35.3 Å². The van der Waals surface area contributed by atoms with Gasteiger partial charge in [0.25, 0.3) is 0 Å². The number of carbonyl (C=O) groups excluding carboxylic acids is 1. The number of hydrogen-bond donors (Lipinski definition) is 2. The third-order valence-electron chi connectivity index (χ3n) is 4.81. The van der Waals surface area contributed by atoms with E-state index in [1.165, 1.54) is 12.8 Å². The van der Waals surface area contributed by atoms with Gasteiger partial charge in [0.2, 0.25) is 5.88 Å². The molecule has 1 aromatic heterocycles. The Balaban J connectivity index is 1.99. The van der Waals surface area contributed by atoms with Gasteiger partial charge in [-0.15, -0.1) is 5.10 Å². The van der Waals surface area contributed by atoms with E-state index in [9.17, 15) is 9.18 Å². The summed E-state index contributed by atoms with van der Waals surface area (Å²) in [6, 6.07) is 3.32. The third-order valence-corrected chi connectivity index (χ3v) is 5.21. The van der Waals surface area contributed by atoms with Crippen LogP contribution in [-0.2, 0) is 20.9 Å². The Kier molecular flexibility index (Phi) is 6.00. The third kappa shape index (κ3) is 4.50. The van der Waals surface area contributed by atoms with Crippen molar-refractivity contribution < 1.29 is 18.7 Å². The highest BCUT2D eigenvalue weighted by molar-refractivity contribution is 7.81. The molecule has 0 amide bonds. The molecule has 6 nitrogen and oxygen atoms in total. The van der Waals surface area contributed by atoms with Crippen molar-refractivity contribution in [1.29, 1.82) is 0 Å². The minimum Gasteiger partial charge on any atom is -0.479 e. The molecule has 0 unspecified atom stereocenters. The Morgan fingerprint density at radius 1 is 1.46 bits per heavy atom. The van der Waals surface area contributed by atoms with Gasteiger partial charge in [-0.25, -0.2) is 4.39 Å². The monoisotopic (exact) mass is 407 g/mol. The number of hydrogen-bond acceptors (Lipinski definition) is 6. The van der Waals surface area contributed by atoms with E-state index in [1.807, 2.05) is 10.9 Å². The second-order valence-corrected chi connectivity index (χ2v) is 8.08. The number of esters is 1. The van der Waals surface area contributed by atoms with Crippen LogP contribution in [0.4, 0.5) is 4.39 Å². The van der Waals surface area contributed by atoms with Gasteiger partial charge in [0.05, 0.1) is 30.6 Å². The van der Waals surface area contributed by atoms with Gasteiger partial charge in [-0.2, -0.15) is 12.6 Å². The Hall–Kier alpha value is -2.06. The van der Waals surface area contributed by atoms with E-state index in [2.05, 4.69) is 17.7 Å². The van der Waals surface area contributed by atoms with Crippen molar-refractivity contribution in [2.24, 2.45) is 11.7 Å². The molecule has 1 heterocycles. The average molecular weight is 408 g/mol. The van der Waals surface area contributed by atoms with Gasteiger partial charge < -0.3 is 15.2 Å². The molecule has 1 fully saturated rings. The van der Waals surface area contributed by atoms with Crippen molar-refractivity contribution in [2.45, 2.75) is 44.5 Å². The maximum absolute atomic E-state index is 14.9. The maximum atomic E-state index is 14.9. The summed E-state index contributed by atoms with van der Waals surface area (Å²) in [7, 11) is 1.55. The SMILES string of the molecule is CCOC(=O)C[C@](N)(S)c1cc(-c2cn(CC3CC3)nc2OC)cc(C)c1F. The number of carbonyl (C=O) groups is 1. The molecule has 152 valence electrons. The van der Waals surface area contributed by atoms with Crippen LogP contribution in [0.1, 0.15) is 37.3 Å². The number of aryl methyl sites for hydroxylation is 1. The molecule has 1 atom stereocenters. The standard InChI is InChI=1S/C20H26FN3O3S/c1-4-27-17(25)9-20(22,28)16-8-14(7-12(2)18(16)21)15-11-24(10-13-5-6-13)23-19(15)26-3/h7-8,11,13,28H,4-6,9-10,22H2,1-3H3/t20-/m0/s1. The molecule has 1 aromatic carbocycles. The number of benzene rings is 1. The van der Waals surface area contributed by atoms with Gasteiger partial charge in [0, 0.05) is 18.3 Å². The second kappa shape index (κ2) is 8.13. The van der Waals surface area contributed by atoms with Crippen LogP contribution in [0.15, 0.2) is 18.3 Å². The summed E-state index contributed by atoms with van der Waals surface area (Å²) in [5.41, 5.74) is 8.19. The van der Waals surface area contributed by atoms with Crippen LogP contribution in [0.2, 0.25) is 0 Å². The smallest absolute Gasteiger partial charge is 0.308 e. The number of thiol groups is 1. The first-order valence-electron chi connectivity index (χ1n) is 9.34. The van der Waals surface area contributed by atoms with Crippen LogP contribution >= 0.6 is 12.6 Å². The summed E-state index contributed by atoms with van der Waals surface area (Å²) in [5.74, 6) is 0.0960. The Bertz CT molecular complexity index is 878. The Morgan fingerprint density at radius 2 is 2.18 bits per heavy atom. The number of rotatable bonds is 8. The first kappa shape index (κ1) is 20.7. The molecule has 28 heavy (non-hydrogen) atoms. The summed E-state index contributed by atoms with van der Waals surface area (Å²) in [6.07, 6.45) is 4.07. The van der Waals surface area contributed by atoms with E-state index in [-0.39, 0.29) is 18.6 Å². The number of nitrogens with two attached hydrogens (primary N) is 1. The molecule has 0 aliphatic heterocycles. The van der Waals surface area contributed by atoms with Gasteiger partial charge in [0.15, 0.2) is 0 Å². The maximum Gasteiger partial charge on any atom is 0.308 e. The predicted molar refractivity (Wildman–Crippen MR) is 108 cm³/mol. The molecule has 8 heteroatoms. The first-order chi connectivity index (χ1) is 13.2. The molecular formula is C20H26FN3O3S. The van der Waals surface area contributed by atoms with Crippen LogP contribution < -0.4 is 10.5 Å². The fraction of sp³-hybridized carbons (Fsp3) is 0.500. The van der Waals surface area contributed by atoms with Crippen LogP contribution in [0.25, 0.3) is 11.1 Å². The van der Waals surface area contributed by atoms with Crippen LogP contribution in [0.5, 0.6) is 5.88 Å². The summed E-state index contributed by atoms with van der Waals surface area (Å²) < 4.78 is 27.1. The van der Waals surface area contributed by atoms with E-state index in [1.54, 1.807) is 33.1 Å². The molecule has 1 aliphatic carbocycles. The summed E-state index contributed by atoms with van der Waals surface area (Å²) in [6.45, 7) is 4.41. The van der Waals surface area contributed by atoms with Crippen molar-refractivity contribution in [1.82, 2.24) is 9.78 Å². The predicted octanol–water partition coefficient (Wildman–Crippen LogP) is 3.41. The van der Waals surface area contributed by atoms with Gasteiger partial charge in [-0.05, 0) is 55.9 Å². The lowest BCUT2D eigenvalue weighted by molar-refractivity contribution is -0.143. The van der Waals surface area contributed by atoms with Crippen molar-refractivity contribution in [3.8, 4) is 17.0 Å². The molecule has 0 bridgehead atoms. The lowest BCUT2D eigenvalue weighted by atomic mass is 9.95. The molecule has 0 saturated heterocycles.